The van der Waals surface area contributed by atoms with Crippen molar-refractivity contribution in [2.45, 2.75) is 76.8 Å². The zero-order valence-corrected chi connectivity index (χ0v) is 14.6. The largest absolute Gasteiger partial charge is 0.365 e. The van der Waals surface area contributed by atoms with Gasteiger partial charge in [-0.2, -0.15) is 0 Å². The van der Waals surface area contributed by atoms with Gasteiger partial charge in [0.25, 0.3) is 0 Å². The highest BCUT2D eigenvalue weighted by Crippen LogP contribution is 2.59. The molecule has 5 heteroatoms. The predicted molar refractivity (Wildman–Crippen MR) is 86.0 cm³/mol. The molecule has 1 aromatic carbocycles. The number of rotatable bonds is 3. The third-order valence-corrected chi connectivity index (χ3v) is 5.59. The van der Waals surface area contributed by atoms with Gasteiger partial charge in [-0.25, -0.2) is 4.39 Å². The Hall–Kier alpha value is -1.01. The van der Waals surface area contributed by atoms with Crippen LogP contribution in [0.5, 0.6) is 0 Å². The lowest BCUT2D eigenvalue weighted by Gasteiger charge is -2.36. The highest BCUT2D eigenvalue weighted by Gasteiger charge is 2.73. The van der Waals surface area contributed by atoms with E-state index in [1.54, 1.807) is 0 Å². The van der Waals surface area contributed by atoms with Crippen LogP contribution in [-0.2, 0) is 25.6 Å². The molecule has 1 saturated carbocycles. The Kier molecular flexibility index (Phi) is 3.59. The minimum Gasteiger partial charge on any atom is -0.365 e. The maximum Gasteiger partial charge on any atom is 0.190 e. The number of halogens is 1. The molecule has 24 heavy (non-hydrogen) atoms. The molecule has 1 aromatic rings. The lowest BCUT2D eigenvalue weighted by molar-refractivity contribution is -0.242. The third-order valence-electron chi connectivity index (χ3n) is 5.59. The second-order valence-corrected chi connectivity index (χ2v) is 8.16. The fraction of sp³-hybridized carbons (Fsp3) is 0.684. The number of fused-ring (bicyclic) bond motifs is 3. The van der Waals surface area contributed by atoms with Gasteiger partial charge in [-0.15, -0.1) is 0 Å². The fourth-order valence-electron chi connectivity index (χ4n) is 4.30. The van der Waals surface area contributed by atoms with Crippen LogP contribution in [0.3, 0.4) is 0 Å². The molecule has 2 heterocycles. The van der Waals surface area contributed by atoms with Crippen molar-refractivity contribution in [3.8, 4) is 0 Å². The van der Waals surface area contributed by atoms with Crippen LogP contribution in [0.2, 0.25) is 0 Å². The number of hydrogen-bond acceptors (Lipinski definition) is 4. The molecular formula is C19H25FO4. The van der Waals surface area contributed by atoms with Crippen LogP contribution in [0, 0.1) is 5.41 Å². The summed E-state index contributed by atoms with van der Waals surface area (Å²) in [4.78, 5) is 0. The van der Waals surface area contributed by atoms with Gasteiger partial charge < -0.3 is 18.9 Å². The van der Waals surface area contributed by atoms with Crippen LogP contribution in [-0.4, -0.2) is 36.1 Å². The minimum atomic E-state index is -1.01. The van der Waals surface area contributed by atoms with E-state index in [2.05, 4.69) is 0 Å². The van der Waals surface area contributed by atoms with Crippen molar-refractivity contribution < 1.29 is 23.3 Å². The van der Waals surface area contributed by atoms with Gasteiger partial charge >= 0.3 is 0 Å². The Bertz CT molecular complexity index is 617. The molecule has 3 fully saturated rings. The maximum absolute atomic E-state index is 14.8. The zero-order chi connectivity index (χ0) is 17.2. The summed E-state index contributed by atoms with van der Waals surface area (Å²) < 4.78 is 39.2. The second-order valence-electron chi connectivity index (χ2n) is 8.16. The van der Waals surface area contributed by atoms with Crippen LogP contribution in [0.15, 0.2) is 30.3 Å². The van der Waals surface area contributed by atoms with Gasteiger partial charge in [-0.3, -0.25) is 0 Å². The van der Waals surface area contributed by atoms with Gasteiger partial charge in [0, 0.05) is 11.8 Å². The summed E-state index contributed by atoms with van der Waals surface area (Å²) in [6.45, 7) is 7.88. The number of alkyl halides is 1. The third kappa shape index (κ3) is 2.33. The summed E-state index contributed by atoms with van der Waals surface area (Å²) in [6.07, 6.45) is -2.06. The first-order valence-corrected chi connectivity index (χ1v) is 8.58. The van der Waals surface area contributed by atoms with Gasteiger partial charge in [0.2, 0.25) is 0 Å². The van der Waals surface area contributed by atoms with Crippen LogP contribution in [0.4, 0.5) is 4.39 Å². The number of benzene rings is 1. The molecule has 0 radical (unpaired) electrons. The topological polar surface area (TPSA) is 36.9 Å². The van der Waals surface area contributed by atoms with E-state index in [9.17, 15) is 4.39 Å². The van der Waals surface area contributed by atoms with Crippen LogP contribution in [0.1, 0.15) is 39.7 Å². The summed E-state index contributed by atoms with van der Waals surface area (Å²) >= 11 is 0. The van der Waals surface area contributed by atoms with Crippen molar-refractivity contribution in [3.05, 3.63) is 35.9 Å². The SMILES string of the molecule is CC1(C)OC2[C@H](O[C@@H]3C(C)(C)[C@H](F)C[C@]23OCc2ccccc2)O1. The van der Waals surface area contributed by atoms with Crippen molar-refractivity contribution in [1.29, 1.82) is 0 Å². The molecule has 1 unspecified atom stereocenters. The standard InChI is InChI=1S/C19H25FO4/c1-17(2)13(20)10-19(21-11-12-8-6-5-7-9-12)14-15(22-16(17)19)24-18(3,4)23-14/h5-9,13-16H,10-11H2,1-4H3/t13-,14?,15-,16-,19+/m1/s1. The van der Waals surface area contributed by atoms with Crippen molar-refractivity contribution >= 4 is 0 Å². The lowest BCUT2D eigenvalue weighted by Crippen LogP contribution is -2.50. The molecule has 132 valence electrons. The molecule has 2 aliphatic heterocycles. The Morgan fingerprint density at radius 1 is 1.12 bits per heavy atom. The Morgan fingerprint density at radius 2 is 1.83 bits per heavy atom. The minimum absolute atomic E-state index is 0.262. The summed E-state index contributed by atoms with van der Waals surface area (Å²) in [7, 11) is 0. The Balaban J connectivity index is 1.65. The Labute approximate surface area is 142 Å². The fourth-order valence-corrected chi connectivity index (χ4v) is 4.30. The zero-order valence-electron chi connectivity index (χ0n) is 14.6. The first kappa shape index (κ1) is 16.5. The van der Waals surface area contributed by atoms with E-state index in [0.717, 1.165) is 5.56 Å². The lowest BCUT2D eigenvalue weighted by atomic mass is 9.84. The van der Waals surface area contributed by atoms with Gasteiger partial charge in [0.15, 0.2) is 12.1 Å². The van der Waals surface area contributed by atoms with Crippen molar-refractivity contribution in [1.82, 2.24) is 0 Å². The van der Waals surface area contributed by atoms with E-state index < -0.39 is 41.5 Å². The van der Waals surface area contributed by atoms with E-state index in [1.807, 2.05) is 58.0 Å². The molecule has 1 aliphatic carbocycles. The normalized spacial score (nSPS) is 42.0. The van der Waals surface area contributed by atoms with Crippen molar-refractivity contribution in [3.63, 3.8) is 0 Å². The van der Waals surface area contributed by atoms with Gasteiger partial charge in [-0.05, 0) is 19.4 Å². The van der Waals surface area contributed by atoms with Crippen molar-refractivity contribution in [2.75, 3.05) is 0 Å². The Morgan fingerprint density at radius 3 is 2.54 bits per heavy atom. The molecule has 4 rings (SSSR count). The van der Waals surface area contributed by atoms with E-state index in [-0.39, 0.29) is 6.42 Å². The van der Waals surface area contributed by atoms with E-state index in [1.165, 1.54) is 0 Å². The van der Waals surface area contributed by atoms with Gasteiger partial charge in [0.05, 0.1) is 6.61 Å². The smallest absolute Gasteiger partial charge is 0.190 e. The molecule has 3 aliphatic rings. The van der Waals surface area contributed by atoms with Crippen molar-refractivity contribution in [2.24, 2.45) is 5.41 Å². The summed E-state index contributed by atoms with van der Waals surface area (Å²) in [5.74, 6) is -0.748. The average molecular weight is 336 g/mol. The predicted octanol–water partition coefficient (Wildman–Crippen LogP) is 3.59. The van der Waals surface area contributed by atoms with E-state index in [0.29, 0.717) is 6.61 Å². The van der Waals surface area contributed by atoms with Gasteiger partial charge in [-0.1, -0.05) is 44.2 Å². The van der Waals surface area contributed by atoms with Crippen LogP contribution in [0.25, 0.3) is 0 Å². The molecule has 2 saturated heterocycles. The molecule has 0 aromatic heterocycles. The maximum atomic E-state index is 14.8. The molecule has 0 amide bonds. The molecule has 4 nitrogen and oxygen atoms in total. The molecule has 0 bridgehead atoms. The first-order chi connectivity index (χ1) is 11.2. The molecular weight excluding hydrogens is 311 g/mol. The number of hydrogen-bond donors (Lipinski definition) is 0. The summed E-state index contributed by atoms with van der Waals surface area (Å²) in [5, 5.41) is 0. The summed E-state index contributed by atoms with van der Waals surface area (Å²) in [6, 6.07) is 9.91. The highest BCUT2D eigenvalue weighted by molar-refractivity contribution is 5.20. The van der Waals surface area contributed by atoms with Crippen LogP contribution < -0.4 is 0 Å². The molecule has 0 spiro atoms. The quantitative estimate of drug-likeness (QED) is 0.845. The molecule has 5 atom stereocenters. The van der Waals surface area contributed by atoms with Crippen LogP contribution >= 0.6 is 0 Å². The number of ether oxygens (including phenoxy) is 4. The monoisotopic (exact) mass is 336 g/mol. The first-order valence-electron chi connectivity index (χ1n) is 8.58. The summed E-state index contributed by atoms with van der Waals surface area (Å²) in [5.41, 5.74) is -0.415. The second kappa shape index (κ2) is 5.24. The molecule has 0 N–H and O–H groups in total. The average Bonchev–Trinajstić information content (AvgIpc) is 3.04. The van der Waals surface area contributed by atoms with Gasteiger partial charge in [0.1, 0.15) is 24.0 Å². The van der Waals surface area contributed by atoms with E-state index in [4.69, 9.17) is 18.9 Å². The van der Waals surface area contributed by atoms with E-state index >= 15 is 0 Å². The highest BCUT2D eigenvalue weighted by atomic mass is 19.1.